The van der Waals surface area contributed by atoms with Crippen LogP contribution < -0.4 is 5.73 Å². The van der Waals surface area contributed by atoms with Crippen LogP contribution in [-0.4, -0.2) is 24.4 Å². The van der Waals surface area contributed by atoms with Gasteiger partial charge >= 0.3 is 0 Å². The first-order chi connectivity index (χ1) is 9.06. The van der Waals surface area contributed by atoms with E-state index >= 15 is 0 Å². The summed E-state index contributed by atoms with van der Waals surface area (Å²) in [6.45, 7) is 4.19. The third kappa shape index (κ3) is 1.94. The predicted molar refractivity (Wildman–Crippen MR) is 73.6 cm³/mol. The second-order valence-corrected chi connectivity index (χ2v) is 5.02. The van der Waals surface area contributed by atoms with E-state index in [1.807, 2.05) is 6.07 Å². The molecule has 0 fully saturated rings. The van der Waals surface area contributed by atoms with Gasteiger partial charge in [-0.2, -0.15) is 5.10 Å². The Morgan fingerprint density at radius 2 is 2.11 bits per heavy atom. The van der Waals surface area contributed by atoms with E-state index < -0.39 is 0 Å². The van der Waals surface area contributed by atoms with Crippen LogP contribution >= 0.6 is 11.6 Å². The zero-order valence-electron chi connectivity index (χ0n) is 10.6. The number of nitrogen functional groups attached to an aromatic ring is 1. The molecule has 0 aliphatic heterocycles. The Morgan fingerprint density at radius 3 is 2.74 bits per heavy atom. The zero-order chi connectivity index (χ0) is 13.6. The van der Waals surface area contributed by atoms with Gasteiger partial charge in [-0.1, -0.05) is 25.4 Å². The average Bonchev–Trinajstić information content (AvgIpc) is 2.93. The number of anilines is 1. The van der Waals surface area contributed by atoms with Crippen LogP contribution in [0.1, 0.15) is 25.5 Å². The average molecular weight is 277 g/mol. The molecule has 7 heteroatoms. The van der Waals surface area contributed by atoms with Crippen LogP contribution in [-0.2, 0) is 0 Å². The van der Waals surface area contributed by atoms with E-state index in [-0.39, 0.29) is 5.82 Å². The Morgan fingerprint density at radius 1 is 1.32 bits per heavy atom. The lowest BCUT2D eigenvalue weighted by Crippen LogP contribution is -2.02. The Bertz CT molecular complexity index is 722. The normalized spacial score (nSPS) is 11.6. The fourth-order valence-corrected chi connectivity index (χ4v) is 1.99. The quantitative estimate of drug-likeness (QED) is 0.779. The Balaban J connectivity index is 2.23. The summed E-state index contributed by atoms with van der Waals surface area (Å²) in [5.41, 5.74) is 7.53. The summed E-state index contributed by atoms with van der Waals surface area (Å²) in [6.07, 6.45) is 5.12. The topological polar surface area (TPSA) is 74.0 Å². The standard InChI is InChI=1S/C12H13ClN6/c1-7(2)9-5-10-12(15-3-4-18(10)16-9)19-6-8(13)11(14)17-19/h3-7H,1-2H3,(H2,14,17). The molecule has 0 radical (unpaired) electrons. The smallest absolute Gasteiger partial charge is 0.179 e. The van der Waals surface area contributed by atoms with E-state index in [4.69, 9.17) is 17.3 Å². The van der Waals surface area contributed by atoms with Gasteiger partial charge in [0, 0.05) is 12.4 Å². The van der Waals surface area contributed by atoms with E-state index in [2.05, 4.69) is 29.0 Å². The first kappa shape index (κ1) is 12.0. The largest absolute Gasteiger partial charge is 0.381 e. The van der Waals surface area contributed by atoms with Gasteiger partial charge in [-0.25, -0.2) is 14.2 Å². The number of hydrogen-bond acceptors (Lipinski definition) is 4. The van der Waals surface area contributed by atoms with E-state index in [9.17, 15) is 0 Å². The van der Waals surface area contributed by atoms with Crippen LogP contribution in [0, 0.1) is 0 Å². The van der Waals surface area contributed by atoms with E-state index in [0.717, 1.165) is 11.2 Å². The minimum absolute atomic E-state index is 0.286. The molecule has 0 saturated carbocycles. The van der Waals surface area contributed by atoms with Crippen LogP contribution in [0.4, 0.5) is 5.82 Å². The number of fused-ring (bicyclic) bond motifs is 1. The van der Waals surface area contributed by atoms with E-state index in [1.165, 1.54) is 0 Å². The Kier molecular flexibility index (Phi) is 2.67. The van der Waals surface area contributed by atoms with Crippen molar-refractivity contribution in [1.82, 2.24) is 24.4 Å². The molecule has 3 aromatic rings. The third-order valence-corrected chi connectivity index (χ3v) is 3.18. The number of aromatic nitrogens is 5. The first-order valence-electron chi connectivity index (χ1n) is 5.91. The van der Waals surface area contributed by atoms with Crippen LogP contribution in [0.15, 0.2) is 24.7 Å². The fourth-order valence-electron chi connectivity index (χ4n) is 1.86. The Hall–Kier alpha value is -2.08. The predicted octanol–water partition coefficient (Wildman–Crippen LogP) is 2.27. The Labute approximate surface area is 114 Å². The minimum Gasteiger partial charge on any atom is -0.381 e. The molecular formula is C12H13ClN6. The van der Waals surface area contributed by atoms with Gasteiger partial charge in [0.15, 0.2) is 11.6 Å². The van der Waals surface area contributed by atoms with Crippen molar-refractivity contribution in [2.75, 3.05) is 5.73 Å². The van der Waals surface area contributed by atoms with Gasteiger partial charge in [0.25, 0.3) is 0 Å². The number of halogens is 1. The minimum atomic E-state index is 0.286. The molecule has 0 aliphatic carbocycles. The highest BCUT2D eigenvalue weighted by atomic mass is 35.5. The molecule has 3 aromatic heterocycles. The van der Waals surface area contributed by atoms with Crippen LogP contribution in [0.25, 0.3) is 11.3 Å². The second kappa shape index (κ2) is 4.24. The van der Waals surface area contributed by atoms with E-state index in [0.29, 0.717) is 16.8 Å². The number of hydrogen-bond donors (Lipinski definition) is 1. The lowest BCUT2D eigenvalue weighted by Gasteiger charge is -2.01. The third-order valence-electron chi connectivity index (χ3n) is 2.89. The number of rotatable bonds is 2. The summed E-state index contributed by atoms with van der Waals surface area (Å²) in [7, 11) is 0. The summed E-state index contributed by atoms with van der Waals surface area (Å²) >= 11 is 5.93. The van der Waals surface area contributed by atoms with Gasteiger partial charge in [0.2, 0.25) is 0 Å². The molecule has 6 nitrogen and oxygen atoms in total. The van der Waals surface area contributed by atoms with Crippen molar-refractivity contribution in [3.05, 3.63) is 35.4 Å². The van der Waals surface area contributed by atoms with Crippen molar-refractivity contribution < 1.29 is 0 Å². The van der Waals surface area contributed by atoms with Gasteiger partial charge in [0.05, 0.1) is 11.9 Å². The maximum atomic E-state index is 5.93. The summed E-state index contributed by atoms with van der Waals surface area (Å²) in [5.74, 6) is 1.29. The molecular weight excluding hydrogens is 264 g/mol. The fraction of sp³-hybridized carbons (Fsp3) is 0.250. The molecule has 3 rings (SSSR count). The highest BCUT2D eigenvalue weighted by Gasteiger charge is 2.13. The first-order valence-corrected chi connectivity index (χ1v) is 6.29. The van der Waals surface area contributed by atoms with Crippen molar-refractivity contribution in [1.29, 1.82) is 0 Å². The number of nitrogens with two attached hydrogens (primary N) is 1. The highest BCUT2D eigenvalue weighted by molar-refractivity contribution is 6.32. The van der Waals surface area contributed by atoms with Crippen LogP contribution in [0.2, 0.25) is 5.02 Å². The molecule has 98 valence electrons. The molecule has 0 atom stereocenters. The lowest BCUT2D eigenvalue weighted by molar-refractivity contribution is 0.781. The molecule has 19 heavy (non-hydrogen) atoms. The van der Waals surface area contributed by atoms with Crippen molar-refractivity contribution in [2.45, 2.75) is 19.8 Å². The van der Waals surface area contributed by atoms with Crippen molar-refractivity contribution in [3.63, 3.8) is 0 Å². The molecule has 0 amide bonds. The molecule has 3 heterocycles. The maximum Gasteiger partial charge on any atom is 0.179 e. The zero-order valence-corrected chi connectivity index (χ0v) is 11.3. The molecule has 0 aliphatic rings. The van der Waals surface area contributed by atoms with E-state index in [1.54, 1.807) is 27.8 Å². The van der Waals surface area contributed by atoms with Crippen molar-refractivity contribution in [2.24, 2.45) is 0 Å². The lowest BCUT2D eigenvalue weighted by atomic mass is 10.1. The van der Waals surface area contributed by atoms with Crippen molar-refractivity contribution >= 4 is 22.9 Å². The van der Waals surface area contributed by atoms with Gasteiger partial charge in [-0.3, -0.25) is 0 Å². The molecule has 0 aromatic carbocycles. The van der Waals surface area contributed by atoms with Gasteiger partial charge < -0.3 is 5.73 Å². The van der Waals surface area contributed by atoms with Crippen LogP contribution in [0.3, 0.4) is 0 Å². The summed E-state index contributed by atoms with van der Waals surface area (Å²) in [4.78, 5) is 4.33. The summed E-state index contributed by atoms with van der Waals surface area (Å²) < 4.78 is 3.35. The molecule has 0 spiro atoms. The van der Waals surface area contributed by atoms with Gasteiger partial charge in [-0.05, 0) is 12.0 Å². The molecule has 0 bridgehead atoms. The highest BCUT2D eigenvalue weighted by Crippen LogP contribution is 2.22. The monoisotopic (exact) mass is 276 g/mol. The molecule has 0 saturated heterocycles. The number of nitrogens with zero attached hydrogens (tertiary/aromatic N) is 5. The maximum absolute atomic E-state index is 5.93. The summed E-state index contributed by atoms with van der Waals surface area (Å²) in [6, 6.07) is 2.00. The molecule has 2 N–H and O–H groups in total. The SMILES string of the molecule is CC(C)c1cc2c(-n3cc(Cl)c(N)n3)nccn2n1. The second-order valence-electron chi connectivity index (χ2n) is 4.61. The van der Waals surface area contributed by atoms with Crippen molar-refractivity contribution in [3.8, 4) is 5.82 Å². The van der Waals surface area contributed by atoms with Crippen LogP contribution in [0.5, 0.6) is 0 Å². The summed E-state index contributed by atoms with van der Waals surface area (Å²) in [5, 5.41) is 9.05. The van der Waals surface area contributed by atoms with Gasteiger partial charge in [0.1, 0.15) is 10.5 Å². The van der Waals surface area contributed by atoms with Gasteiger partial charge in [-0.15, -0.1) is 5.10 Å². The molecule has 0 unspecified atom stereocenters.